The second-order valence-electron chi connectivity index (χ2n) is 5.98. The first-order valence-electron chi connectivity index (χ1n) is 7.46. The third-order valence-corrected chi connectivity index (χ3v) is 4.88. The maximum atomic E-state index is 12.4. The topological polar surface area (TPSA) is 41.1 Å². The number of hydrogen-bond acceptors (Lipinski definition) is 2. The van der Waals surface area contributed by atoms with Crippen molar-refractivity contribution in [3.63, 3.8) is 0 Å². The van der Waals surface area contributed by atoms with E-state index in [-0.39, 0.29) is 17.9 Å². The fraction of sp³-hybridized carbons (Fsp3) is 0.562. The van der Waals surface area contributed by atoms with Crippen molar-refractivity contribution in [3.8, 4) is 0 Å². The summed E-state index contributed by atoms with van der Waals surface area (Å²) in [5.41, 5.74) is 2.41. The maximum absolute atomic E-state index is 12.4. The summed E-state index contributed by atoms with van der Waals surface area (Å²) in [7, 11) is 0. The van der Waals surface area contributed by atoms with Gasteiger partial charge < -0.3 is 10.6 Å². The molecule has 1 aliphatic carbocycles. The van der Waals surface area contributed by atoms with E-state index < -0.39 is 0 Å². The monoisotopic (exact) mass is 292 g/mol. The molecule has 1 amide bonds. The van der Waals surface area contributed by atoms with Crippen LogP contribution in [0.3, 0.4) is 0 Å². The van der Waals surface area contributed by atoms with Crippen LogP contribution in [-0.2, 0) is 11.2 Å². The average molecular weight is 293 g/mol. The molecule has 1 unspecified atom stereocenters. The average Bonchev–Trinajstić information content (AvgIpc) is 2.83. The molecule has 1 heterocycles. The van der Waals surface area contributed by atoms with E-state index in [2.05, 4.69) is 23.6 Å². The highest BCUT2D eigenvalue weighted by Crippen LogP contribution is 2.35. The molecule has 3 rings (SSSR count). The minimum Gasteiger partial charge on any atom is -0.349 e. The number of halogens is 1. The molecule has 4 heteroatoms. The second kappa shape index (κ2) is 5.74. The highest BCUT2D eigenvalue weighted by molar-refractivity contribution is 6.31. The Morgan fingerprint density at radius 3 is 3.05 bits per heavy atom. The molecule has 1 saturated heterocycles. The molecule has 0 spiro atoms. The Kier molecular flexibility index (Phi) is 3.99. The Balaban J connectivity index is 1.68. The minimum absolute atomic E-state index is 0.140. The number of fused-ring (bicyclic) bond motifs is 1. The molecule has 1 aromatic carbocycles. The van der Waals surface area contributed by atoms with Crippen LogP contribution in [0.1, 0.15) is 43.4 Å². The normalized spacial score (nSPS) is 29.0. The molecule has 0 bridgehead atoms. The number of hydrogen-bond donors (Lipinski definition) is 2. The SMILES string of the molecule is C[C@H]1C[C@@H](C(=O)NC2CCc3c(Cl)cccc32)CCN1. The van der Waals surface area contributed by atoms with Crippen molar-refractivity contribution in [2.75, 3.05) is 6.54 Å². The van der Waals surface area contributed by atoms with Crippen LogP contribution in [0.4, 0.5) is 0 Å². The van der Waals surface area contributed by atoms with Crippen LogP contribution < -0.4 is 10.6 Å². The number of nitrogens with one attached hydrogen (secondary N) is 2. The Bertz CT molecular complexity index is 517. The summed E-state index contributed by atoms with van der Waals surface area (Å²) in [6.45, 7) is 3.08. The maximum Gasteiger partial charge on any atom is 0.223 e. The molecular formula is C16H21ClN2O. The van der Waals surface area contributed by atoms with Crippen LogP contribution in [0.5, 0.6) is 0 Å². The van der Waals surface area contributed by atoms with Gasteiger partial charge in [0.25, 0.3) is 0 Å². The van der Waals surface area contributed by atoms with Gasteiger partial charge in [0.15, 0.2) is 0 Å². The first-order valence-corrected chi connectivity index (χ1v) is 7.84. The van der Waals surface area contributed by atoms with Gasteiger partial charge in [-0.05, 0) is 56.3 Å². The molecule has 3 nitrogen and oxygen atoms in total. The first-order chi connectivity index (χ1) is 9.65. The Morgan fingerprint density at radius 1 is 1.40 bits per heavy atom. The molecule has 1 aromatic rings. The summed E-state index contributed by atoms with van der Waals surface area (Å²) in [6.07, 6.45) is 3.79. The van der Waals surface area contributed by atoms with Crippen molar-refractivity contribution in [1.82, 2.24) is 10.6 Å². The van der Waals surface area contributed by atoms with Crippen LogP contribution in [0.2, 0.25) is 5.02 Å². The van der Waals surface area contributed by atoms with Crippen molar-refractivity contribution in [1.29, 1.82) is 0 Å². The molecule has 2 aliphatic rings. The van der Waals surface area contributed by atoms with Gasteiger partial charge in [-0.25, -0.2) is 0 Å². The summed E-state index contributed by atoms with van der Waals surface area (Å²) in [4.78, 5) is 12.4. The largest absolute Gasteiger partial charge is 0.349 e. The van der Waals surface area contributed by atoms with Gasteiger partial charge in [0.1, 0.15) is 0 Å². The summed E-state index contributed by atoms with van der Waals surface area (Å²) >= 11 is 6.22. The van der Waals surface area contributed by atoms with E-state index in [1.54, 1.807) is 0 Å². The van der Waals surface area contributed by atoms with E-state index in [9.17, 15) is 4.79 Å². The molecule has 20 heavy (non-hydrogen) atoms. The van der Waals surface area contributed by atoms with Crippen LogP contribution in [-0.4, -0.2) is 18.5 Å². The van der Waals surface area contributed by atoms with Crippen molar-refractivity contribution in [3.05, 3.63) is 34.3 Å². The number of piperidine rings is 1. The molecular weight excluding hydrogens is 272 g/mol. The lowest BCUT2D eigenvalue weighted by Gasteiger charge is -2.28. The number of rotatable bonds is 2. The molecule has 1 fully saturated rings. The predicted molar refractivity (Wildman–Crippen MR) is 80.8 cm³/mol. The lowest BCUT2D eigenvalue weighted by atomic mass is 9.92. The van der Waals surface area contributed by atoms with Gasteiger partial charge in [-0.1, -0.05) is 23.7 Å². The third-order valence-electron chi connectivity index (χ3n) is 4.52. The smallest absolute Gasteiger partial charge is 0.223 e. The van der Waals surface area contributed by atoms with E-state index in [0.717, 1.165) is 37.3 Å². The minimum atomic E-state index is 0.140. The lowest BCUT2D eigenvalue weighted by molar-refractivity contribution is -0.126. The van der Waals surface area contributed by atoms with Gasteiger partial charge in [0, 0.05) is 17.0 Å². The summed E-state index contributed by atoms with van der Waals surface area (Å²) in [6, 6.07) is 6.56. The van der Waals surface area contributed by atoms with E-state index in [1.165, 1.54) is 11.1 Å². The fourth-order valence-electron chi connectivity index (χ4n) is 3.42. The molecule has 0 aromatic heterocycles. The van der Waals surface area contributed by atoms with Crippen molar-refractivity contribution < 1.29 is 4.79 Å². The standard InChI is InChI=1S/C16H21ClN2O/c1-10-9-11(7-8-18-10)16(20)19-15-6-5-12-13(15)3-2-4-14(12)17/h2-4,10-11,15,18H,5-9H2,1H3,(H,19,20)/t10-,11-,15?/m0/s1. The zero-order chi connectivity index (χ0) is 14.1. The van der Waals surface area contributed by atoms with Gasteiger partial charge in [-0.15, -0.1) is 0 Å². The molecule has 108 valence electrons. The van der Waals surface area contributed by atoms with E-state index in [1.807, 2.05) is 12.1 Å². The Hall–Kier alpha value is -1.06. The fourth-order valence-corrected chi connectivity index (χ4v) is 3.70. The van der Waals surface area contributed by atoms with Crippen molar-refractivity contribution >= 4 is 17.5 Å². The Morgan fingerprint density at radius 2 is 2.25 bits per heavy atom. The molecule has 2 N–H and O–H groups in total. The quantitative estimate of drug-likeness (QED) is 0.880. The van der Waals surface area contributed by atoms with Crippen molar-refractivity contribution in [2.24, 2.45) is 5.92 Å². The van der Waals surface area contributed by atoms with Crippen LogP contribution >= 0.6 is 11.6 Å². The highest BCUT2D eigenvalue weighted by atomic mass is 35.5. The number of amides is 1. The van der Waals surface area contributed by atoms with E-state index >= 15 is 0 Å². The number of carbonyl (C=O) groups is 1. The highest BCUT2D eigenvalue weighted by Gasteiger charge is 2.30. The molecule has 0 saturated carbocycles. The summed E-state index contributed by atoms with van der Waals surface area (Å²) < 4.78 is 0. The first kappa shape index (κ1) is 13.9. The zero-order valence-corrected chi connectivity index (χ0v) is 12.5. The number of carbonyl (C=O) groups excluding carboxylic acids is 1. The predicted octanol–water partition coefficient (Wildman–Crippen LogP) is 2.83. The van der Waals surface area contributed by atoms with E-state index in [0.29, 0.717) is 6.04 Å². The molecule has 1 aliphatic heterocycles. The van der Waals surface area contributed by atoms with Gasteiger partial charge >= 0.3 is 0 Å². The van der Waals surface area contributed by atoms with Crippen molar-refractivity contribution in [2.45, 2.75) is 44.7 Å². The number of benzene rings is 1. The zero-order valence-electron chi connectivity index (χ0n) is 11.8. The van der Waals surface area contributed by atoms with Crippen LogP contribution in [0, 0.1) is 5.92 Å². The molecule has 0 radical (unpaired) electrons. The molecule has 3 atom stereocenters. The lowest BCUT2D eigenvalue weighted by Crippen LogP contribution is -2.43. The summed E-state index contributed by atoms with van der Waals surface area (Å²) in [5.74, 6) is 0.352. The second-order valence-corrected chi connectivity index (χ2v) is 6.39. The van der Waals surface area contributed by atoms with Gasteiger partial charge in [-0.3, -0.25) is 4.79 Å². The summed E-state index contributed by atoms with van der Waals surface area (Å²) in [5, 5.41) is 7.44. The van der Waals surface area contributed by atoms with Gasteiger partial charge in [-0.2, -0.15) is 0 Å². The van der Waals surface area contributed by atoms with Gasteiger partial charge in [0.2, 0.25) is 5.91 Å². The van der Waals surface area contributed by atoms with Crippen LogP contribution in [0.25, 0.3) is 0 Å². The Labute approximate surface area is 125 Å². The van der Waals surface area contributed by atoms with Gasteiger partial charge in [0.05, 0.1) is 6.04 Å². The third kappa shape index (κ3) is 2.70. The van der Waals surface area contributed by atoms with E-state index in [4.69, 9.17) is 11.6 Å². The van der Waals surface area contributed by atoms with Crippen LogP contribution in [0.15, 0.2) is 18.2 Å².